The molecular formula is C20H22F2N2O3. The first-order valence-electron chi connectivity index (χ1n) is 8.69. The molecule has 27 heavy (non-hydrogen) atoms. The van der Waals surface area contributed by atoms with Crippen molar-refractivity contribution < 1.29 is 23.0 Å². The number of piperazine rings is 1. The van der Waals surface area contributed by atoms with Crippen LogP contribution in [0.25, 0.3) is 0 Å². The number of nitrogens with zero attached hydrogens (tertiary/aromatic N) is 2. The maximum absolute atomic E-state index is 13.9. The van der Waals surface area contributed by atoms with Crippen molar-refractivity contribution in [3.63, 3.8) is 0 Å². The molecule has 1 heterocycles. The molecule has 144 valence electrons. The highest BCUT2D eigenvalue weighted by Crippen LogP contribution is 2.26. The van der Waals surface area contributed by atoms with Crippen LogP contribution >= 0.6 is 0 Å². The summed E-state index contributed by atoms with van der Waals surface area (Å²) in [5, 5.41) is 0. The second kappa shape index (κ2) is 8.35. The molecule has 1 aliphatic rings. The summed E-state index contributed by atoms with van der Waals surface area (Å²) in [6.45, 7) is 2.90. The van der Waals surface area contributed by atoms with Crippen LogP contribution in [0.3, 0.4) is 0 Å². The first-order valence-corrected chi connectivity index (χ1v) is 8.69. The Morgan fingerprint density at radius 2 is 1.74 bits per heavy atom. The maximum Gasteiger partial charge on any atom is 0.256 e. The third-order valence-corrected chi connectivity index (χ3v) is 4.70. The van der Waals surface area contributed by atoms with Crippen LogP contribution in [0, 0.1) is 11.6 Å². The van der Waals surface area contributed by atoms with Gasteiger partial charge in [-0.15, -0.1) is 0 Å². The number of methoxy groups -OCH3 is 2. The minimum Gasteiger partial charge on any atom is -0.497 e. The summed E-state index contributed by atoms with van der Waals surface area (Å²) in [5.41, 5.74) is 0.903. The van der Waals surface area contributed by atoms with E-state index in [1.54, 1.807) is 19.1 Å². The SMILES string of the molecule is COc1ccc(OC)c(CN2CCN(C(=O)c3ccc(F)cc3F)CC2)c1. The average molecular weight is 376 g/mol. The highest BCUT2D eigenvalue weighted by Gasteiger charge is 2.24. The van der Waals surface area contributed by atoms with E-state index in [1.807, 2.05) is 18.2 Å². The van der Waals surface area contributed by atoms with Crippen molar-refractivity contribution in [1.29, 1.82) is 0 Å². The van der Waals surface area contributed by atoms with Gasteiger partial charge < -0.3 is 14.4 Å². The molecule has 3 rings (SSSR count). The van der Waals surface area contributed by atoms with Crippen molar-refractivity contribution in [1.82, 2.24) is 9.80 Å². The molecule has 2 aromatic carbocycles. The average Bonchev–Trinajstić information content (AvgIpc) is 2.68. The van der Waals surface area contributed by atoms with Crippen molar-refractivity contribution in [2.75, 3.05) is 40.4 Å². The zero-order chi connectivity index (χ0) is 19.4. The molecule has 0 bridgehead atoms. The van der Waals surface area contributed by atoms with Gasteiger partial charge in [-0.05, 0) is 30.3 Å². The molecule has 5 nitrogen and oxygen atoms in total. The van der Waals surface area contributed by atoms with Gasteiger partial charge in [0.25, 0.3) is 5.91 Å². The molecular weight excluding hydrogens is 354 g/mol. The molecule has 0 aliphatic carbocycles. The quantitative estimate of drug-likeness (QED) is 0.805. The van der Waals surface area contributed by atoms with Gasteiger partial charge in [0.15, 0.2) is 0 Å². The molecule has 0 aromatic heterocycles. The molecule has 0 saturated carbocycles. The van der Waals surface area contributed by atoms with Crippen molar-refractivity contribution in [3.05, 3.63) is 59.2 Å². The smallest absolute Gasteiger partial charge is 0.256 e. The van der Waals surface area contributed by atoms with Crippen LogP contribution in [-0.4, -0.2) is 56.1 Å². The summed E-state index contributed by atoms with van der Waals surface area (Å²) in [6, 6.07) is 8.67. The number of carbonyl (C=O) groups excluding carboxylic acids is 1. The van der Waals surface area contributed by atoms with Crippen molar-refractivity contribution in [2.24, 2.45) is 0 Å². The van der Waals surface area contributed by atoms with Gasteiger partial charge in [0.05, 0.1) is 19.8 Å². The van der Waals surface area contributed by atoms with Crippen molar-refractivity contribution in [2.45, 2.75) is 6.54 Å². The number of rotatable bonds is 5. The molecule has 1 saturated heterocycles. The molecule has 0 spiro atoms. The summed E-state index contributed by atoms with van der Waals surface area (Å²) < 4.78 is 37.6. The van der Waals surface area contributed by atoms with E-state index in [0.29, 0.717) is 32.7 Å². The third kappa shape index (κ3) is 4.36. The van der Waals surface area contributed by atoms with Crippen molar-refractivity contribution in [3.8, 4) is 11.5 Å². The van der Waals surface area contributed by atoms with Crippen LogP contribution in [0.1, 0.15) is 15.9 Å². The number of hydrogen-bond acceptors (Lipinski definition) is 4. The Morgan fingerprint density at radius 3 is 2.37 bits per heavy atom. The summed E-state index contributed by atoms with van der Waals surface area (Å²) in [4.78, 5) is 16.3. The first-order chi connectivity index (χ1) is 13.0. The van der Waals surface area contributed by atoms with E-state index in [2.05, 4.69) is 4.90 Å². The van der Waals surface area contributed by atoms with Crippen LogP contribution in [-0.2, 0) is 6.54 Å². The second-order valence-electron chi connectivity index (χ2n) is 6.37. The minimum atomic E-state index is -0.830. The topological polar surface area (TPSA) is 42.0 Å². The fourth-order valence-electron chi connectivity index (χ4n) is 3.19. The Labute approximate surface area is 157 Å². The number of benzene rings is 2. The number of amides is 1. The number of carbonyl (C=O) groups is 1. The maximum atomic E-state index is 13.9. The van der Waals surface area contributed by atoms with Gasteiger partial charge in [0.2, 0.25) is 0 Å². The van der Waals surface area contributed by atoms with Gasteiger partial charge >= 0.3 is 0 Å². The number of ether oxygens (including phenoxy) is 2. The summed E-state index contributed by atoms with van der Waals surface area (Å²) in [6.07, 6.45) is 0. The molecule has 0 unspecified atom stereocenters. The zero-order valence-electron chi connectivity index (χ0n) is 15.4. The molecule has 0 atom stereocenters. The number of halogens is 2. The van der Waals surface area contributed by atoms with Crippen LogP contribution in [0.4, 0.5) is 8.78 Å². The molecule has 1 amide bonds. The molecule has 0 N–H and O–H groups in total. The Balaban J connectivity index is 1.63. The fraction of sp³-hybridized carbons (Fsp3) is 0.350. The Kier molecular flexibility index (Phi) is 5.91. The zero-order valence-corrected chi connectivity index (χ0v) is 15.4. The van der Waals surface area contributed by atoms with E-state index in [0.717, 1.165) is 29.2 Å². The fourth-order valence-corrected chi connectivity index (χ4v) is 3.19. The first kappa shape index (κ1) is 19.1. The highest BCUT2D eigenvalue weighted by atomic mass is 19.1. The third-order valence-electron chi connectivity index (χ3n) is 4.70. The van der Waals surface area contributed by atoms with E-state index in [9.17, 15) is 13.6 Å². The van der Waals surface area contributed by atoms with Crippen LogP contribution in [0.15, 0.2) is 36.4 Å². The molecule has 1 aliphatic heterocycles. The van der Waals surface area contributed by atoms with Gasteiger partial charge in [0, 0.05) is 44.4 Å². The molecule has 0 radical (unpaired) electrons. The Morgan fingerprint density at radius 1 is 1.00 bits per heavy atom. The van der Waals surface area contributed by atoms with E-state index < -0.39 is 17.5 Å². The minimum absolute atomic E-state index is 0.0979. The van der Waals surface area contributed by atoms with Crippen LogP contribution in [0.2, 0.25) is 0 Å². The largest absolute Gasteiger partial charge is 0.497 e. The van der Waals surface area contributed by atoms with Crippen LogP contribution < -0.4 is 9.47 Å². The summed E-state index contributed by atoms with van der Waals surface area (Å²) >= 11 is 0. The number of hydrogen-bond donors (Lipinski definition) is 0. The monoisotopic (exact) mass is 376 g/mol. The van der Waals surface area contributed by atoms with Gasteiger partial charge in [-0.25, -0.2) is 8.78 Å². The van der Waals surface area contributed by atoms with E-state index in [-0.39, 0.29) is 5.56 Å². The van der Waals surface area contributed by atoms with Gasteiger partial charge in [-0.2, -0.15) is 0 Å². The lowest BCUT2D eigenvalue weighted by atomic mass is 10.1. The second-order valence-corrected chi connectivity index (χ2v) is 6.37. The Hall–Kier alpha value is -2.67. The predicted molar refractivity (Wildman–Crippen MR) is 97.1 cm³/mol. The Bertz CT molecular complexity index is 821. The lowest BCUT2D eigenvalue weighted by Gasteiger charge is -2.35. The van der Waals surface area contributed by atoms with Crippen molar-refractivity contribution >= 4 is 5.91 Å². The molecule has 2 aromatic rings. The van der Waals surface area contributed by atoms with E-state index >= 15 is 0 Å². The molecule has 7 heteroatoms. The van der Waals surface area contributed by atoms with Gasteiger partial charge in [0.1, 0.15) is 23.1 Å². The predicted octanol–water partition coefficient (Wildman–Crippen LogP) is 2.94. The van der Waals surface area contributed by atoms with E-state index in [4.69, 9.17) is 9.47 Å². The summed E-state index contributed by atoms with van der Waals surface area (Å²) in [7, 11) is 3.24. The lowest BCUT2D eigenvalue weighted by Crippen LogP contribution is -2.48. The standard InChI is InChI=1S/C20H22F2N2O3/c1-26-16-4-6-19(27-2)14(11-16)13-23-7-9-24(10-8-23)20(25)17-5-3-15(21)12-18(17)22/h3-6,11-12H,7-10,13H2,1-2H3. The van der Waals surface area contributed by atoms with Gasteiger partial charge in [-0.3, -0.25) is 9.69 Å². The summed E-state index contributed by atoms with van der Waals surface area (Å²) in [5.74, 6) is -0.398. The lowest BCUT2D eigenvalue weighted by molar-refractivity contribution is 0.0623. The molecule has 1 fully saturated rings. The van der Waals surface area contributed by atoms with Crippen LogP contribution in [0.5, 0.6) is 11.5 Å². The van der Waals surface area contributed by atoms with Gasteiger partial charge in [-0.1, -0.05) is 0 Å². The normalized spacial score (nSPS) is 14.9. The van der Waals surface area contributed by atoms with E-state index in [1.165, 1.54) is 6.07 Å². The highest BCUT2D eigenvalue weighted by molar-refractivity contribution is 5.94.